The predicted octanol–water partition coefficient (Wildman–Crippen LogP) is 4.58. The van der Waals surface area contributed by atoms with Gasteiger partial charge in [-0.1, -0.05) is 32.4 Å². The van der Waals surface area contributed by atoms with Crippen LogP contribution in [-0.2, 0) is 4.74 Å². The highest BCUT2D eigenvalue weighted by Gasteiger charge is 2.32. The molecule has 0 radical (unpaired) electrons. The summed E-state index contributed by atoms with van der Waals surface area (Å²) in [7, 11) is 4.34. The molecule has 1 atom stereocenters. The summed E-state index contributed by atoms with van der Waals surface area (Å²) in [4.78, 5) is 22.8. The summed E-state index contributed by atoms with van der Waals surface area (Å²) in [5.41, 5.74) is -0.201. The van der Waals surface area contributed by atoms with E-state index in [0.29, 0.717) is 12.6 Å². The number of likely N-dealkylation sites (N-methyl/N-ethyl adjacent to an activating group) is 1. The minimum Gasteiger partial charge on any atom is -0.453 e. The first-order valence-electron chi connectivity index (χ1n) is 9.58. The number of ether oxygens (including phenoxy) is 1. The van der Waals surface area contributed by atoms with Crippen LogP contribution in [0, 0.1) is 10.1 Å². The highest BCUT2D eigenvalue weighted by Crippen LogP contribution is 2.26. The number of nitro benzene ring substituents is 1. The summed E-state index contributed by atoms with van der Waals surface area (Å²) in [6.45, 7) is 6.56. The van der Waals surface area contributed by atoms with Crippen molar-refractivity contribution in [3.05, 3.63) is 39.9 Å². The quantitative estimate of drug-likeness (QED) is 0.320. The van der Waals surface area contributed by atoms with E-state index in [1.165, 1.54) is 44.2 Å². The van der Waals surface area contributed by atoms with Crippen molar-refractivity contribution in [2.75, 3.05) is 20.6 Å². The van der Waals surface area contributed by atoms with Crippen molar-refractivity contribution in [3.8, 4) is 0 Å². The van der Waals surface area contributed by atoms with Gasteiger partial charge in [0.25, 0.3) is 5.69 Å². The van der Waals surface area contributed by atoms with Crippen molar-refractivity contribution in [3.63, 3.8) is 0 Å². The second-order valence-corrected chi connectivity index (χ2v) is 7.24. The largest absolute Gasteiger partial charge is 0.453 e. The second kappa shape index (κ2) is 10.3. The van der Waals surface area contributed by atoms with Gasteiger partial charge in [0.15, 0.2) is 0 Å². The fourth-order valence-electron chi connectivity index (χ4n) is 3.68. The maximum atomic E-state index is 12.3. The lowest BCUT2D eigenvalue weighted by Gasteiger charge is -2.41. The summed E-state index contributed by atoms with van der Waals surface area (Å²) >= 11 is 0. The van der Waals surface area contributed by atoms with Crippen LogP contribution >= 0.6 is 0 Å². The molecule has 1 aromatic rings. The first kappa shape index (κ1) is 22.1. The Bertz CT molecular complexity index is 595. The minimum atomic E-state index is -0.626. The number of benzene rings is 1. The van der Waals surface area contributed by atoms with Gasteiger partial charge in [0.05, 0.1) is 25.1 Å². The van der Waals surface area contributed by atoms with Gasteiger partial charge < -0.3 is 9.22 Å². The van der Waals surface area contributed by atoms with Gasteiger partial charge in [0.2, 0.25) is 0 Å². The molecule has 1 fully saturated rings. The van der Waals surface area contributed by atoms with Crippen molar-refractivity contribution in [1.29, 1.82) is 0 Å². The van der Waals surface area contributed by atoms with E-state index in [0.717, 1.165) is 4.48 Å². The van der Waals surface area contributed by atoms with Gasteiger partial charge >= 0.3 is 5.97 Å². The molecule has 0 heterocycles. The van der Waals surface area contributed by atoms with Crippen molar-refractivity contribution >= 4 is 11.7 Å². The lowest BCUT2D eigenvalue weighted by molar-refractivity contribution is -0.918. The Hall–Kier alpha value is -1.95. The van der Waals surface area contributed by atoms with E-state index >= 15 is 0 Å². The number of quaternary nitrogens is 1. The molecule has 0 aliphatic heterocycles. The van der Waals surface area contributed by atoms with E-state index in [2.05, 4.69) is 14.1 Å². The number of carbonyl (C=O) groups is 1. The molecular formula is C20H33N2O4+. The monoisotopic (exact) mass is 365 g/mol. The Morgan fingerprint density at radius 1 is 1.23 bits per heavy atom. The molecule has 1 saturated carbocycles. The van der Waals surface area contributed by atoms with Crippen LogP contribution in [0.15, 0.2) is 24.3 Å². The Labute approximate surface area is 156 Å². The molecular weight excluding hydrogens is 332 g/mol. The number of para-hydroxylation sites is 1. The second-order valence-electron chi connectivity index (χ2n) is 7.24. The van der Waals surface area contributed by atoms with Gasteiger partial charge in [-0.15, -0.1) is 0 Å². The van der Waals surface area contributed by atoms with Crippen molar-refractivity contribution in [1.82, 2.24) is 0 Å². The van der Waals surface area contributed by atoms with E-state index in [4.69, 9.17) is 4.74 Å². The third-order valence-corrected chi connectivity index (χ3v) is 4.92. The van der Waals surface area contributed by atoms with Crippen LogP contribution in [0.5, 0.6) is 0 Å². The van der Waals surface area contributed by atoms with E-state index in [1.54, 1.807) is 12.1 Å². The molecule has 1 aliphatic rings. The fraction of sp³-hybridized carbons (Fsp3) is 0.650. The molecule has 146 valence electrons. The van der Waals surface area contributed by atoms with E-state index in [-0.39, 0.29) is 17.4 Å². The van der Waals surface area contributed by atoms with Crippen LogP contribution in [0.25, 0.3) is 0 Å². The zero-order valence-electron chi connectivity index (χ0n) is 16.7. The SMILES string of the molecule is CC.CC(C[N+](C)(C)C1CCCCC1)OC(=O)c1ccccc1[N+](=O)[O-]. The number of esters is 1. The molecule has 6 heteroatoms. The van der Waals surface area contributed by atoms with Gasteiger partial charge in [0.1, 0.15) is 18.2 Å². The number of nitro groups is 1. The normalized spacial score (nSPS) is 16.2. The Morgan fingerprint density at radius 3 is 2.38 bits per heavy atom. The summed E-state index contributed by atoms with van der Waals surface area (Å²) in [5, 5.41) is 11.0. The van der Waals surface area contributed by atoms with Gasteiger partial charge in [-0.3, -0.25) is 10.1 Å². The van der Waals surface area contributed by atoms with Crippen LogP contribution in [0.1, 0.15) is 63.2 Å². The van der Waals surface area contributed by atoms with Crippen LogP contribution in [-0.4, -0.2) is 48.2 Å². The van der Waals surface area contributed by atoms with Gasteiger partial charge in [-0.05, 0) is 38.7 Å². The maximum absolute atomic E-state index is 12.3. The summed E-state index contributed by atoms with van der Waals surface area (Å²) < 4.78 is 6.31. The fourth-order valence-corrected chi connectivity index (χ4v) is 3.68. The zero-order chi connectivity index (χ0) is 19.7. The predicted molar refractivity (Wildman–Crippen MR) is 103 cm³/mol. The van der Waals surface area contributed by atoms with Crippen LogP contribution in [0.4, 0.5) is 5.69 Å². The molecule has 0 spiro atoms. The first-order valence-corrected chi connectivity index (χ1v) is 9.58. The molecule has 6 nitrogen and oxygen atoms in total. The molecule has 1 aromatic carbocycles. The lowest BCUT2D eigenvalue weighted by atomic mass is 9.93. The molecule has 1 unspecified atom stereocenters. The third-order valence-electron chi connectivity index (χ3n) is 4.92. The number of nitrogens with zero attached hydrogens (tertiary/aromatic N) is 2. The zero-order valence-corrected chi connectivity index (χ0v) is 16.7. The topological polar surface area (TPSA) is 69.4 Å². The van der Waals surface area contributed by atoms with Crippen molar-refractivity contribution in [2.45, 2.75) is 65.0 Å². The van der Waals surface area contributed by atoms with Crippen molar-refractivity contribution in [2.24, 2.45) is 0 Å². The number of hydrogen-bond donors (Lipinski definition) is 0. The third kappa shape index (κ3) is 6.09. The molecule has 0 amide bonds. The molecule has 0 aromatic heterocycles. The number of carbonyl (C=O) groups excluding carboxylic acids is 1. The Balaban J connectivity index is 0.00000163. The highest BCUT2D eigenvalue weighted by molar-refractivity contribution is 5.93. The summed E-state index contributed by atoms with van der Waals surface area (Å²) in [5.74, 6) is -0.626. The molecule has 0 bridgehead atoms. The maximum Gasteiger partial charge on any atom is 0.345 e. The van der Waals surface area contributed by atoms with Crippen LogP contribution in [0.2, 0.25) is 0 Å². The molecule has 0 saturated heterocycles. The van der Waals surface area contributed by atoms with E-state index < -0.39 is 10.9 Å². The van der Waals surface area contributed by atoms with Gasteiger partial charge in [-0.25, -0.2) is 4.79 Å². The molecule has 0 N–H and O–H groups in total. The highest BCUT2D eigenvalue weighted by atomic mass is 16.6. The van der Waals surface area contributed by atoms with E-state index in [1.807, 2.05) is 20.8 Å². The molecule has 2 rings (SSSR count). The standard InChI is InChI=1S/C18H27N2O4.C2H6/c1-14(13-20(2,3)15-9-5-4-6-10-15)24-18(21)16-11-7-8-12-17(16)19(22)23;1-2/h7-8,11-12,14-15H,4-6,9-10,13H2,1-3H3;1-2H3/q+1;. The van der Waals surface area contributed by atoms with Crippen LogP contribution < -0.4 is 0 Å². The Morgan fingerprint density at radius 2 is 1.81 bits per heavy atom. The van der Waals surface area contributed by atoms with E-state index in [9.17, 15) is 14.9 Å². The summed E-state index contributed by atoms with van der Waals surface area (Å²) in [6.07, 6.45) is 5.94. The number of hydrogen-bond acceptors (Lipinski definition) is 4. The average molecular weight is 365 g/mol. The minimum absolute atomic E-state index is 0.0114. The Kier molecular flexibility index (Phi) is 8.72. The smallest absolute Gasteiger partial charge is 0.345 e. The van der Waals surface area contributed by atoms with Gasteiger partial charge in [0, 0.05) is 6.07 Å². The van der Waals surface area contributed by atoms with Crippen molar-refractivity contribution < 1.29 is 18.9 Å². The number of rotatable bonds is 6. The first-order chi connectivity index (χ1) is 12.3. The van der Waals surface area contributed by atoms with Crippen LogP contribution in [0.3, 0.4) is 0 Å². The molecule has 1 aliphatic carbocycles. The lowest BCUT2D eigenvalue weighted by Crippen LogP contribution is -2.53. The average Bonchev–Trinajstić information content (AvgIpc) is 2.63. The summed E-state index contributed by atoms with van der Waals surface area (Å²) in [6, 6.07) is 6.50. The molecule has 26 heavy (non-hydrogen) atoms. The van der Waals surface area contributed by atoms with Gasteiger partial charge in [-0.2, -0.15) is 0 Å².